The van der Waals surface area contributed by atoms with Crippen molar-refractivity contribution in [3.8, 4) is 0 Å². The van der Waals surface area contributed by atoms with E-state index in [-0.39, 0.29) is 41.5 Å². The van der Waals surface area contributed by atoms with Crippen LogP contribution in [-0.2, 0) is 21.7 Å². The molecule has 0 aliphatic carbocycles. The first-order chi connectivity index (χ1) is 5.24. The van der Waals surface area contributed by atoms with E-state index in [0.717, 1.165) is 0 Å². The van der Waals surface area contributed by atoms with Crippen LogP contribution in [0.4, 0.5) is 0 Å². The van der Waals surface area contributed by atoms with Gasteiger partial charge in [0, 0.05) is 41.5 Å². The summed E-state index contributed by atoms with van der Waals surface area (Å²) in [6, 6.07) is 0. The molecule has 0 aromatic heterocycles. The van der Waals surface area contributed by atoms with Crippen LogP contribution in [0.25, 0.3) is 0 Å². The molecule has 0 aliphatic rings. The fourth-order valence-corrected chi connectivity index (χ4v) is 0. The van der Waals surface area contributed by atoms with Crippen LogP contribution >= 0.6 is 0 Å². The molecule has 0 spiro atoms. The molecule has 0 saturated carbocycles. The van der Waals surface area contributed by atoms with Gasteiger partial charge in [0.15, 0.2) is 0 Å². The van der Waals surface area contributed by atoms with Crippen molar-refractivity contribution in [2.24, 2.45) is 0 Å². The molecule has 0 aromatic carbocycles. The zero-order valence-electron chi connectivity index (χ0n) is 8.25. The molecule has 0 fully saturated rings. The summed E-state index contributed by atoms with van der Waals surface area (Å²) in [7, 11) is 0. The largest absolute Gasteiger partial charge is 0.521 e. The van der Waals surface area contributed by atoms with Crippen LogP contribution in [0.5, 0.6) is 0 Å². The van der Waals surface area contributed by atoms with Crippen LogP contribution in [-0.4, -0.2) is 35.1 Å². The molecule has 12 heavy (non-hydrogen) atoms. The summed E-state index contributed by atoms with van der Waals surface area (Å²) in [6.07, 6.45) is 0. The molecule has 4 heteroatoms. The van der Waals surface area contributed by atoms with Gasteiger partial charge in [-0.1, -0.05) is 0 Å². The molecule has 0 amide bonds. The average Bonchev–Trinajstić information content (AvgIpc) is 1.96. The van der Waals surface area contributed by atoms with Crippen LogP contribution in [0.1, 0.15) is 20.8 Å². The average molecular weight is 213 g/mol. The van der Waals surface area contributed by atoms with Crippen molar-refractivity contribution >= 4 is 0 Å². The van der Waals surface area contributed by atoms with Gasteiger partial charge in [-0.05, 0) is 20.8 Å². The van der Waals surface area contributed by atoms with Gasteiger partial charge in [-0.2, -0.15) is 0 Å². The van der Waals surface area contributed by atoms with E-state index in [1.54, 1.807) is 20.8 Å². The topological polar surface area (TPSA) is 60.7 Å². The molecule has 0 bridgehead atoms. The summed E-state index contributed by atoms with van der Waals surface area (Å²) in [5.41, 5.74) is 0. The van der Waals surface area contributed by atoms with Crippen molar-refractivity contribution in [3.05, 3.63) is 13.2 Å². The van der Waals surface area contributed by atoms with E-state index in [4.69, 9.17) is 15.3 Å². The summed E-state index contributed by atoms with van der Waals surface area (Å²) < 4.78 is 0. The molecular formula is C8H21O3Ti-. The van der Waals surface area contributed by atoms with E-state index >= 15 is 0 Å². The summed E-state index contributed by atoms with van der Waals surface area (Å²) >= 11 is 0. The SMILES string of the molecule is CCO.CCO.CCO.[CH-]=C.[Ti]. The second kappa shape index (κ2) is 109. The molecule has 0 atom stereocenters. The molecule has 0 saturated heterocycles. The Labute approximate surface area is 91.0 Å². The Morgan fingerprint density at radius 2 is 0.833 bits per heavy atom. The number of aliphatic hydroxyl groups is 3. The van der Waals surface area contributed by atoms with E-state index < -0.39 is 0 Å². The summed E-state index contributed by atoms with van der Waals surface area (Å²) in [6.45, 7) is 12.8. The molecule has 76 valence electrons. The first kappa shape index (κ1) is 29.5. The first-order valence-corrected chi connectivity index (χ1v) is 3.48. The second-order valence-electron chi connectivity index (χ2n) is 0.949. The van der Waals surface area contributed by atoms with Gasteiger partial charge in [0.1, 0.15) is 0 Å². The second-order valence-corrected chi connectivity index (χ2v) is 0.949. The molecule has 0 aliphatic heterocycles. The summed E-state index contributed by atoms with van der Waals surface area (Å²) in [5.74, 6) is 0. The summed E-state index contributed by atoms with van der Waals surface area (Å²) in [5, 5.41) is 22.7. The standard InChI is InChI=1S/3C2H6O.C2H3.Ti/c3*1-2-3;1-2;/h3*3H,2H2,1H3;1H,2H2;/q;;;-1;. The molecule has 0 radical (unpaired) electrons. The normalized spacial score (nSPS) is 4.83. The van der Waals surface area contributed by atoms with Crippen LogP contribution < -0.4 is 0 Å². The fourth-order valence-electron chi connectivity index (χ4n) is 0. The van der Waals surface area contributed by atoms with Gasteiger partial charge in [0.2, 0.25) is 0 Å². The van der Waals surface area contributed by atoms with E-state index in [0.29, 0.717) is 0 Å². The predicted molar refractivity (Wildman–Crippen MR) is 48.2 cm³/mol. The molecule has 3 nitrogen and oxygen atoms in total. The molecule has 0 unspecified atom stereocenters. The van der Waals surface area contributed by atoms with Crippen molar-refractivity contribution in [1.82, 2.24) is 0 Å². The smallest absolute Gasteiger partial charge is 0.0402 e. The Morgan fingerprint density at radius 3 is 0.833 bits per heavy atom. The predicted octanol–water partition coefficient (Wildman–Crippen LogP) is 0.599. The fraction of sp³-hybridized carbons (Fsp3) is 0.750. The first-order valence-electron chi connectivity index (χ1n) is 3.48. The Balaban J connectivity index is -0.0000000179. The zero-order chi connectivity index (χ0) is 10.1. The number of aliphatic hydroxyl groups excluding tert-OH is 3. The third kappa shape index (κ3) is 8060. The van der Waals surface area contributed by atoms with Crippen molar-refractivity contribution in [2.45, 2.75) is 20.8 Å². The molecule has 0 aromatic rings. The van der Waals surface area contributed by atoms with Gasteiger partial charge in [-0.15, -0.1) is 0 Å². The van der Waals surface area contributed by atoms with Gasteiger partial charge < -0.3 is 21.9 Å². The van der Waals surface area contributed by atoms with Crippen LogP contribution in [0.15, 0.2) is 6.58 Å². The van der Waals surface area contributed by atoms with Gasteiger partial charge in [-0.25, -0.2) is 0 Å². The Kier molecular flexibility index (Phi) is 267. The van der Waals surface area contributed by atoms with E-state index in [9.17, 15) is 0 Å². The van der Waals surface area contributed by atoms with Gasteiger partial charge in [0.25, 0.3) is 0 Å². The van der Waals surface area contributed by atoms with E-state index in [2.05, 4.69) is 13.2 Å². The maximum absolute atomic E-state index is 7.57. The van der Waals surface area contributed by atoms with Crippen molar-refractivity contribution in [2.75, 3.05) is 19.8 Å². The molecule has 0 rings (SSSR count). The van der Waals surface area contributed by atoms with Crippen molar-refractivity contribution < 1.29 is 37.0 Å². The minimum absolute atomic E-state index is 0. The number of rotatable bonds is 0. The number of hydrogen-bond acceptors (Lipinski definition) is 3. The van der Waals surface area contributed by atoms with Crippen LogP contribution in [0.2, 0.25) is 0 Å². The van der Waals surface area contributed by atoms with Gasteiger partial charge in [-0.3, -0.25) is 6.58 Å². The Hall–Kier alpha value is 0.334. The third-order valence-electron chi connectivity index (χ3n) is 0. The van der Waals surface area contributed by atoms with E-state index in [1.165, 1.54) is 0 Å². The molecule has 0 heterocycles. The quantitative estimate of drug-likeness (QED) is 0.408. The van der Waals surface area contributed by atoms with Gasteiger partial charge in [0.05, 0.1) is 0 Å². The van der Waals surface area contributed by atoms with Gasteiger partial charge >= 0.3 is 0 Å². The number of hydrogen-bond donors (Lipinski definition) is 3. The Morgan fingerprint density at radius 1 is 0.833 bits per heavy atom. The van der Waals surface area contributed by atoms with E-state index in [1.807, 2.05) is 0 Å². The molecular weight excluding hydrogens is 192 g/mol. The summed E-state index contributed by atoms with van der Waals surface area (Å²) in [4.78, 5) is 0. The van der Waals surface area contributed by atoms with Crippen LogP contribution in [0, 0.1) is 6.58 Å². The minimum Gasteiger partial charge on any atom is -0.521 e. The molecule has 3 N–H and O–H groups in total. The monoisotopic (exact) mass is 213 g/mol. The Bertz CT molecular complexity index is 25.5. The van der Waals surface area contributed by atoms with Crippen molar-refractivity contribution in [1.29, 1.82) is 0 Å². The maximum Gasteiger partial charge on any atom is 0.0402 e. The maximum atomic E-state index is 7.57. The van der Waals surface area contributed by atoms with Crippen LogP contribution in [0.3, 0.4) is 0 Å². The minimum atomic E-state index is 0. The third-order valence-corrected chi connectivity index (χ3v) is 0. The zero-order valence-corrected chi connectivity index (χ0v) is 9.81. The van der Waals surface area contributed by atoms with Crippen molar-refractivity contribution in [3.63, 3.8) is 0 Å².